The predicted octanol–water partition coefficient (Wildman–Crippen LogP) is 3.58. The van der Waals surface area contributed by atoms with Crippen LogP contribution in [0.4, 0.5) is 4.39 Å². The Hall–Kier alpha value is -0.930. The first-order valence-corrected chi connectivity index (χ1v) is 7.11. The third-order valence-corrected chi connectivity index (χ3v) is 4.13. The summed E-state index contributed by atoms with van der Waals surface area (Å²) in [6.45, 7) is 8.72. The van der Waals surface area contributed by atoms with Crippen molar-refractivity contribution in [1.82, 2.24) is 4.90 Å². The maximum atomic E-state index is 13.1. The molecule has 0 aliphatic rings. The smallest absolute Gasteiger partial charge is 0.123 e. The van der Waals surface area contributed by atoms with Gasteiger partial charge in [0.25, 0.3) is 0 Å². The van der Waals surface area contributed by atoms with Crippen molar-refractivity contribution in [2.75, 3.05) is 7.05 Å². The first kappa shape index (κ1) is 16.1. The van der Waals surface area contributed by atoms with Gasteiger partial charge in [0, 0.05) is 18.1 Å². The maximum absolute atomic E-state index is 13.1. The zero-order valence-electron chi connectivity index (χ0n) is 12.7. The van der Waals surface area contributed by atoms with Gasteiger partial charge in [-0.25, -0.2) is 4.39 Å². The van der Waals surface area contributed by atoms with Crippen molar-refractivity contribution in [3.63, 3.8) is 0 Å². The van der Waals surface area contributed by atoms with Gasteiger partial charge in [0.2, 0.25) is 0 Å². The molecule has 1 aromatic rings. The van der Waals surface area contributed by atoms with Crippen molar-refractivity contribution in [1.29, 1.82) is 0 Å². The molecule has 2 N–H and O–H groups in total. The fraction of sp³-hybridized carbons (Fsp3) is 0.625. The van der Waals surface area contributed by atoms with E-state index in [9.17, 15) is 4.39 Å². The number of hydrogen-bond donors (Lipinski definition) is 1. The van der Waals surface area contributed by atoms with Crippen molar-refractivity contribution in [3.05, 3.63) is 35.6 Å². The van der Waals surface area contributed by atoms with Crippen molar-refractivity contribution >= 4 is 0 Å². The van der Waals surface area contributed by atoms with E-state index in [4.69, 9.17) is 5.73 Å². The predicted molar refractivity (Wildman–Crippen MR) is 79.5 cm³/mol. The van der Waals surface area contributed by atoms with E-state index in [0.29, 0.717) is 12.0 Å². The minimum absolute atomic E-state index is 0.0525. The highest BCUT2D eigenvalue weighted by Gasteiger charge is 2.27. The van der Waals surface area contributed by atoms with Crippen molar-refractivity contribution in [2.45, 2.75) is 52.2 Å². The van der Waals surface area contributed by atoms with E-state index in [1.165, 1.54) is 12.1 Å². The van der Waals surface area contributed by atoms with Gasteiger partial charge in [-0.1, -0.05) is 32.9 Å². The van der Waals surface area contributed by atoms with Crippen LogP contribution in [0.5, 0.6) is 0 Å². The number of likely N-dealkylation sites (N-methyl/N-ethyl adjacent to an activating group) is 1. The fourth-order valence-electron chi connectivity index (χ4n) is 2.39. The minimum atomic E-state index is -0.202. The lowest BCUT2D eigenvalue weighted by Gasteiger charge is -2.38. The van der Waals surface area contributed by atoms with E-state index in [0.717, 1.165) is 12.0 Å². The molecule has 3 unspecified atom stereocenters. The number of halogens is 1. The summed E-state index contributed by atoms with van der Waals surface area (Å²) in [7, 11) is 2.11. The Balaban J connectivity index is 3.04. The van der Waals surface area contributed by atoms with Crippen LogP contribution in [0.1, 0.15) is 45.7 Å². The number of rotatable bonds is 6. The molecule has 0 amide bonds. The molecule has 3 heteroatoms. The van der Waals surface area contributed by atoms with Crippen LogP contribution in [-0.2, 0) is 0 Å². The zero-order chi connectivity index (χ0) is 14.6. The second kappa shape index (κ2) is 7.01. The lowest BCUT2D eigenvalue weighted by Crippen LogP contribution is -2.44. The summed E-state index contributed by atoms with van der Waals surface area (Å²) in [5.41, 5.74) is 7.38. The molecule has 1 aromatic carbocycles. The Labute approximate surface area is 116 Å². The van der Waals surface area contributed by atoms with E-state index in [2.05, 4.69) is 39.6 Å². The topological polar surface area (TPSA) is 29.3 Å². The summed E-state index contributed by atoms with van der Waals surface area (Å²) in [5, 5.41) is 0. The van der Waals surface area contributed by atoms with E-state index in [1.807, 2.05) is 12.1 Å². The van der Waals surface area contributed by atoms with Crippen LogP contribution in [-0.4, -0.2) is 24.0 Å². The lowest BCUT2D eigenvalue weighted by atomic mass is 9.93. The van der Waals surface area contributed by atoms with Crippen LogP contribution >= 0.6 is 0 Å². The summed E-state index contributed by atoms with van der Waals surface area (Å²) in [5.74, 6) is 0.351. The maximum Gasteiger partial charge on any atom is 0.123 e. The largest absolute Gasteiger partial charge is 0.326 e. The first-order chi connectivity index (χ1) is 8.88. The molecule has 0 saturated heterocycles. The van der Waals surface area contributed by atoms with Crippen LogP contribution in [0, 0.1) is 11.7 Å². The molecular weight excluding hydrogens is 239 g/mol. The second-order valence-corrected chi connectivity index (χ2v) is 5.72. The van der Waals surface area contributed by atoms with E-state index < -0.39 is 0 Å². The molecule has 0 radical (unpaired) electrons. The molecule has 0 fully saturated rings. The van der Waals surface area contributed by atoms with Crippen LogP contribution < -0.4 is 5.73 Å². The van der Waals surface area contributed by atoms with Gasteiger partial charge in [-0.3, -0.25) is 4.90 Å². The molecule has 0 saturated carbocycles. The molecule has 0 aromatic heterocycles. The SMILES string of the molecule is CCC(N)C(c1ccc(F)cc1)N(C)C(C)C(C)C. The van der Waals surface area contributed by atoms with Gasteiger partial charge in [0.05, 0.1) is 0 Å². The highest BCUT2D eigenvalue weighted by molar-refractivity contribution is 5.21. The molecule has 19 heavy (non-hydrogen) atoms. The lowest BCUT2D eigenvalue weighted by molar-refractivity contribution is 0.127. The van der Waals surface area contributed by atoms with Gasteiger partial charge in [0.15, 0.2) is 0 Å². The Morgan fingerprint density at radius 3 is 2.11 bits per heavy atom. The third kappa shape index (κ3) is 4.02. The molecular formula is C16H27FN2. The molecule has 0 aliphatic heterocycles. The monoisotopic (exact) mass is 266 g/mol. The van der Waals surface area contributed by atoms with Gasteiger partial charge in [-0.15, -0.1) is 0 Å². The normalized spacial score (nSPS) is 16.7. The number of nitrogens with zero attached hydrogens (tertiary/aromatic N) is 1. The average molecular weight is 266 g/mol. The van der Waals surface area contributed by atoms with Crippen LogP contribution in [0.15, 0.2) is 24.3 Å². The van der Waals surface area contributed by atoms with Crippen molar-refractivity contribution in [2.24, 2.45) is 11.7 Å². The Kier molecular flexibility index (Phi) is 5.95. The molecule has 3 atom stereocenters. The number of benzene rings is 1. The summed E-state index contributed by atoms with van der Waals surface area (Å²) < 4.78 is 13.1. The molecule has 108 valence electrons. The van der Waals surface area contributed by atoms with Crippen molar-refractivity contribution < 1.29 is 4.39 Å². The van der Waals surface area contributed by atoms with Gasteiger partial charge in [-0.2, -0.15) is 0 Å². The highest BCUT2D eigenvalue weighted by atomic mass is 19.1. The summed E-state index contributed by atoms with van der Waals surface area (Å²) >= 11 is 0. The van der Waals surface area contributed by atoms with Crippen LogP contribution in [0.25, 0.3) is 0 Å². The molecule has 0 bridgehead atoms. The fourth-order valence-corrected chi connectivity index (χ4v) is 2.39. The van der Waals surface area contributed by atoms with Gasteiger partial charge >= 0.3 is 0 Å². The molecule has 1 rings (SSSR count). The zero-order valence-corrected chi connectivity index (χ0v) is 12.7. The molecule has 0 aliphatic carbocycles. The Morgan fingerprint density at radius 1 is 1.16 bits per heavy atom. The summed E-state index contributed by atoms with van der Waals surface area (Å²) in [6, 6.07) is 7.32. The van der Waals surface area contributed by atoms with Gasteiger partial charge in [0.1, 0.15) is 5.82 Å². The van der Waals surface area contributed by atoms with Gasteiger partial charge < -0.3 is 5.73 Å². The minimum Gasteiger partial charge on any atom is -0.326 e. The van der Waals surface area contributed by atoms with Crippen LogP contribution in [0.3, 0.4) is 0 Å². The van der Waals surface area contributed by atoms with E-state index in [1.54, 1.807) is 0 Å². The summed E-state index contributed by atoms with van der Waals surface area (Å²) in [4.78, 5) is 2.31. The number of nitrogens with two attached hydrogens (primary N) is 1. The number of hydrogen-bond acceptors (Lipinski definition) is 2. The van der Waals surface area contributed by atoms with Gasteiger partial charge in [-0.05, 0) is 44.0 Å². The van der Waals surface area contributed by atoms with E-state index >= 15 is 0 Å². The Bertz CT molecular complexity index is 375. The first-order valence-electron chi connectivity index (χ1n) is 7.11. The molecule has 0 heterocycles. The molecule has 2 nitrogen and oxygen atoms in total. The Morgan fingerprint density at radius 2 is 1.68 bits per heavy atom. The van der Waals surface area contributed by atoms with E-state index in [-0.39, 0.29) is 17.9 Å². The highest BCUT2D eigenvalue weighted by Crippen LogP contribution is 2.27. The third-order valence-electron chi connectivity index (χ3n) is 4.13. The van der Waals surface area contributed by atoms with Crippen LogP contribution in [0.2, 0.25) is 0 Å². The summed E-state index contributed by atoms with van der Waals surface area (Å²) in [6.07, 6.45) is 0.900. The molecule has 0 spiro atoms. The van der Waals surface area contributed by atoms with Crippen molar-refractivity contribution in [3.8, 4) is 0 Å². The quantitative estimate of drug-likeness (QED) is 0.852. The standard InChI is InChI=1S/C16H27FN2/c1-6-15(18)16(19(5)12(4)11(2)3)13-7-9-14(17)10-8-13/h7-12,15-16H,6,18H2,1-5H3. The second-order valence-electron chi connectivity index (χ2n) is 5.72. The average Bonchev–Trinajstić information content (AvgIpc) is 2.39.